The van der Waals surface area contributed by atoms with Gasteiger partial charge in [0.15, 0.2) is 12.2 Å². The number of oxazole rings is 1. The van der Waals surface area contributed by atoms with E-state index < -0.39 is 0 Å². The van der Waals surface area contributed by atoms with Gasteiger partial charge in [-0.25, -0.2) is 4.98 Å². The van der Waals surface area contributed by atoms with Gasteiger partial charge in [-0.05, 0) is 26.0 Å². The molecule has 1 aromatic carbocycles. The number of hydrogen-bond acceptors (Lipinski definition) is 3. The number of aryl methyl sites for hydroxylation is 2. The summed E-state index contributed by atoms with van der Waals surface area (Å²) in [6.45, 7) is 7.95. The van der Waals surface area contributed by atoms with Gasteiger partial charge in [0, 0.05) is 12.1 Å². The van der Waals surface area contributed by atoms with Crippen LogP contribution in [-0.4, -0.2) is 11.5 Å². The largest absolute Gasteiger partial charge is 0.443 e. The van der Waals surface area contributed by atoms with Gasteiger partial charge in [-0.15, -0.1) is 0 Å². The summed E-state index contributed by atoms with van der Waals surface area (Å²) in [7, 11) is 0. The van der Waals surface area contributed by atoms with Crippen LogP contribution >= 0.6 is 0 Å². The summed E-state index contributed by atoms with van der Waals surface area (Å²) >= 11 is 0. The van der Waals surface area contributed by atoms with E-state index >= 15 is 0 Å². The molecule has 90 valence electrons. The van der Waals surface area contributed by atoms with Crippen molar-refractivity contribution in [1.29, 1.82) is 0 Å². The first-order chi connectivity index (χ1) is 8.22. The van der Waals surface area contributed by atoms with Crippen LogP contribution < -0.4 is 5.32 Å². The fourth-order valence-corrected chi connectivity index (χ4v) is 1.93. The summed E-state index contributed by atoms with van der Waals surface area (Å²) in [5, 5.41) is 3.27. The van der Waals surface area contributed by atoms with E-state index in [0.29, 0.717) is 0 Å². The Morgan fingerprint density at radius 2 is 2.12 bits per heavy atom. The highest BCUT2D eigenvalue weighted by Gasteiger charge is 2.12. The first kappa shape index (κ1) is 11.9. The molecule has 1 aromatic heterocycles. The minimum absolute atomic E-state index is 0.746. The predicted octanol–water partition coefficient (Wildman–Crippen LogP) is 3.07. The van der Waals surface area contributed by atoms with Crippen LogP contribution in [0.5, 0.6) is 0 Å². The van der Waals surface area contributed by atoms with Gasteiger partial charge >= 0.3 is 0 Å². The zero-order chi connectivity index (χ0) is 12.3. The fraction of sp³-hybridized carbons (Fsp3) is 0.357. The van der Waals surface area contributed by atoms with E-state index in [9.17, 15) is 0 Å². The van der Waals surface area contributed by atoms with E-state index in [0.717, 1.165) is 30.1 Å². The lowest BCUT2D eigenvalue weighted by molar-refractivity contribution is 0.569. The van der Waals surface area contributed by atoms with Crippen molar-refractivity contribution in [3.63, 3.8) is 0 Å². The Labute approximate surface area is 102 Å². The van der Waals surface area contributed by atoms with Crippen LogP contribution in [0.15, 0.2) is 29.0 Å². The van der Waals surface area contributed by atoms with Gasteiger partial charge in [0.25, 0.3) is 0 Å². The van der Waals surface area contributed by atoms with E-state index in [2.05, 4.69) is 49.3 Å². The Morgan fingerprint density at radius 3 is 2.82 bits per heavy atom. The van der Waals surface area contributed by atoms with Gasteiger partial charge in [-0.1, -0.05) is 30.7 Å². The molecule has 1 N–H and O–H groups in total. The smallest absolute Gasteiger partial charge is 0.181 e. The molecule has 3 nitrogen and oxygen atoms in total. The highest BCUT2D eigenvalue weighted by atomic mass is 16.3. The third-order valence-corrected chi connectivity index (χ3v) is 2.81. The second kappa shape index (κ2) is 5.15. The molecule has 0 unspecified atom stereocenters. The summed E-state index contributed by atoms with van der Waals surface area (Å²) < 4.78 is 5.52. The lowest BCUT2D eigenvalue weighted by Crippen LogP contribution is -2.12. The van der Waals surface area contributed by atoms with E-state index in [1.165, 1.54) is 17.5 Å². The molecule has 1 heterocycles. The normalized spacial score (nSPS) is 10.8. The molecule has 3 heteroatoms. The lowest BCUT2D eigenvalue weighted by Gasteiger charge is -2.06. The van der Waals surface area contributed by atoms with Crippen molar-refractivity contribution < 1.29 is 4.42 Å². The van der Waals surface area contributed by atoms with Crippen molar-refractivity contribution >= 4 is 0 Å². The Balaban J connectivity index is 2.35. The van der Waals surface area contributed by atoms with Crippen molar-refractivity contribution in [3.8, 4) is 11.3 Å². The minimum atomic E-state index is 0.746. The molecule has 0 spiro atoms. The van der Waals surface area contributed by atoms with Crippen LogP contribution in [0.4, 0.5) is 0 Å². The van der Waals surface area contributed by atoms with E-state index in [1.54, 1.807) is 0 Å². The maximum atomic E-state index is 5.52. The molecule has 0 radical (unpaired) electrons. The number of nitrogens with one attached hydrogen (secondary N) is 1. The molecule has 0 atom stereocenters. The number of hydrogen-bond donors (Lipinski definition) is 1. The Kier molecular flexibility index (Phi) is 3.59. The summed E-state index contributed by atoms with van der Waals surface area (Å²) in [5.74, 6) is 0.878. The number of rotatable bonds is 4. The molecule has 2 aromatic rings. The monoisotopic (exact) mass is 230 g/mol. The van der Waals surface area contributed by atoms with Crippen molar-refractivity contribution in [3.05, 3.63) is 41.4 Å². The van der Waals surface area contributed by atoms with Crippen molar-refractivity contribution in [2.45, 2.75) is 27.3 Å². The second-order valence-corrected chi connectivity index (χ2v) is 4.23. The fourth-order valence-electron chi connectivity index (χ4n) is 1.93. The van der Waals surface area contributed by atoms with Crippen LogP contribution in [-0.2, 0) is 6.54 Å². The molecular formula is C14H18N2O. The van der Waals surface area contributed by atoms with Gasteiger partial charge in [-0.3, -0.25) is 0 Å². The molecule has 0 aliphatic rings. The van der Waals surface area contributed by atoms with Crippen molar-refractivity contribution in [2.75, 3.05) is 6.54 Å². The SMILES string of the molecule is CCNCc1ncoc1-c1ccc(C)cc1C. The standard InChI is InChI=1S/C14H18N2O/c1-4-15-8-13-14(17-9-16-13)12-6-5-10(2)7-11(12)3/h5-7,9,15H,4,8H2,1-3H3. The Bertz CT molecular complexity index is 503. The van der Waals surface area contributed by atoms with Gasteiger partial charge in [0.05, 0.1) is 0 Å². The average Bonchev–Trinajstić information content (AvgIpc) is 2.74. The second-order valence-electron chi connectivity index (χ2n) is 4.23. The zero-order valence-corrected chi connectivity index (χ0v) is 10.6. The first-order valence-electron chi connectivity index (χ1n) is 5.93. The molecule has 0 bridgehead atoms. The molecule has 0 aliphatic carbocycles. The zero-order valence-electron chi connectivity index (χ0n) is 10.6. The molecule has 2 rings (SSSR count). The third-order valence-electron chi connectivity index (χ3n) is 2.81. The van der Waals surface area contributed by atoms with Crippen LogP contribution in [0, 0.1) is 13.8 Å². The lowest BCUT2D eigenvalue weighted by atomic mass is 10.0. The topological polar surface area (TPSA) is 38.1 Å². The van der Waals surface area contributed by atoms with Gasteiger partial charge in [-0.2, -0.15) is 0 Å². The van der Waals surface area contributed by atoms with Crippen LogP contribution in [0.2, 0.25) is 0 Å². The summed E-state index contributed by atoms with van der Waals surface area (Å²) in [5.41, 5.74) is 4.58. The molecule has 0 amide bonds. The molecule has 17 heavy (non-hydrogen) atoms. The Morgan fingerprint density at radius 1 is 1.29 bits per heavy atom. The molecule has 0 fully saturated rings. The number of aromatic nitrogens is 1. The molecule has 0 aliphatic heterocycles. The van der Waals surface area contributed by atoms with Gasteiger partial charge in [0.1, 0.15) is 5.69 Å². The third kappa shape index (κ3) is 2.56. The maximum Gasteiger partial charge on any atom is 0.181 e. The number of benzene rings is 1. The summed E-state index contributed by atoms with van der Waals surface area (Å²) in [4.78, 5) is 4.26. The van der Waals surface area contributed by atoms with Gasteiger partial charge in [0.2, 0.25) is 0 Å². The highest BCUT2D eigenvalue weighted by molar-refractivity contribution is 5.64. The van der Waals surface area contributed by atoms with Crippen LogP contribution in [0.3, 0.4) is 0 Å². The summed E-state index contributed by atoms with van der Waals surface area (Å²) in [6.07, 6.45) is 1.52. The van der Waals surface area contributed by atoms with Gasteiger partial charge < -0.3 is 9.73 Å². The molecular weight excluding hydrogens is 212 g/mol. The predicted molar refractivity (Wildman–Crippen MR) is 68.8 cm³/mol. The van der Waals surface area contributed by atoms with Crippen LogP contribution in [0.25, 0.3) is 11.3 Å². The Hall–Kier alpha value is -1.61. The molecule has 0 saturated carbocycles. The van der Waals surface area contributed by atoms with Crippen LogP contribution in [0.1, 0.15) is 23.7 Å². The minimum Gasteiger partial charge on any atom is -0.443 e. The maximum absolute atomic E-state index is 5.52. The van der Waals surface area contributed by atoms with E-state index in [1.807, 2.05) is 0 Å². The molecule has 0 saturated heterocycles. The summed E-state index contributed by atoms with van der Waals surface area (Å²) in [6, 6.07) is 6.36. The van der Waals surface area contributed by atoms with E-state index in [-0.39, 0.29) is 0 Å². The first-order valence-corrected chi connectivity index (χ1v) is 5.93. The number of nitrogens with zero attached hydrogens (tertiary/aromatic N) is 1. The quantitative estimate of drug-likeness (QED) is 0.877. The van der Waals surface area contributed by atoms with Crippen molar-refractivity contribution in [1.82, 2.24) is 10.3 Å². The van der Waals surface area contributed by atoms with Crippen molar-refractivity contribution in [2.24, 2.45) is 0 Å². The van der Waals surface area contributed by atoms with E-state index in [4.69, 9.17) is 4.42 Å². The average molecular weight is 230 g/mol. The highest BCUT2D eigenvalue weighted by Crippen LogP contribution is 2.27.